The number of hydrogen-bond donors (Lipinski definition) is 1. The average molecular weight is 409 g/mol. The van der Waals surface area contributed by atoms with Crippen molar-refractivity contribution in [1.29, 1.82) is 5.26 Å². The van der Waals surface area contributed by atoms with Crippen LogP contribution in [0.5, 0.6) is 11.5 Å². The van der Waals surface area contributed by atoms with Crippen molar-refractivity contribution in [3.8, 4) is 17.6 Å². The summed E-state index contributed by atoms with van der Waals surface area (Å²) in [5, 5.41) is 22.6. The summed E-state index contributed by atoms with van der Waals surface area (Å²) in [5.74, 6) is -0.899. The van der Waals surface area contributed by atoms with Gasteiger partial charge in [0.05, 0.1) is 17.6 Å². The van der Waals surface area contributed by atoms with E-state index in [9.17, 15) is 25.0 Å². The third-order valence-corrected chi connectivity index (χ3v) is 3.80. The standard InChI is InChI=1S/C21H19N3O6/c1-13(2)23-20(25)16(12-22)10-14-4-9-18(19(11-14)29-3)30-21(26)15-5-7-17(8-6-15)24(27)28/h4-11,13H,1-3H3,(H,23,25)/b16-10+. The molecule has 2 aromatic rings. The number of nitro groups is 1. The number of methoxy groups -OCH3 is 1. The van der Waals surface area contributed by atoms with Gasteiger partial charge >= 0.3 is 5.97 Å². The quantitative estimate of drug-likeness (QED) is 0.185. The predicted octanol–water partition coefficient (Wildman–Crippen LogP) is 3.25. The molecule has 0 atom stereocenters. The van der Waals surface area contributed by atoms with Gasteiger partial charge in [-0.3, -0.25) is 14.9 Å². The highest BCUT2D eigenvalue weighted by Gasteiger charge is 2.15. The molecule has 1 N–H and O–H groups in total. The molecule has 0 heterocycles. The number of ether oxygens (including phenoxy) is 2. The summed E-state index contributed by atoms with van der Waals surface area (Å²) < 4.78 is 10.5. The molecule has 0 saturated heterocycles. The van der Waals surface area contributed by atoms with E-state index in [0.717, 1.165) is 0 Å². The van der Waals surface area contributed by atoms with Gasteiger partial charge in [-0.15, -0.1) is 0 Å². The van der Waals surface area contributed by atoms with Crippen molar-refractivity contribution in [3.63, 3.8) is 0 Å². The Morgan fingerprint density at radius 2 is 1.83 bits per heavy atom. The van der Waals surface area contributed by atoms with E-state index in [0.29, 0.717) is 5.56 Å². The lowest BCUT2D eigenvalue weighted by Crippen LogP contribution is -2.30. The van der Waals surface area contributed by atoms with Crippen LogP contribution in [0.2, 0.25) is 0 Å². The molecule has 0 aliphatic rings. The summed E-state index contributed by atoms with van der Waals surface area (Å²) in [4.78, 5) is 34.5. The topological polar surface area (TPSA) is 132 Å². The number of nitrogens with one attached hydrogen (secondary N) is 1. The van der Waals surface area contributed by atoms with Crippen LogP contribution in [0, 0.1) is 21.4 Å². The smallest absolute Gasteiger partial charge is 0.343 e. The second kappa shape index (κ2) is 9.84. The van der Waals surface area contributed by atoms with Crippen LogP contribution in [-0.4, -0.2) is 30.0 Å². The Morgan fingerprint density at radius 1 is 1.17 bits per heavy atom. The fourth-order valence-electron chi connectivity index (χ4n) is 2.39. The summed E-state index contributed by atoms with van der Waals surface area (Å²) in [6, 6.07) is 11.2. The number of benzene rings is 2. The minimum absolute atomic E-state index is 0.0821. The highest BCUT2D eigenvalue weighted by molar-refractivity contribution is 6.01. The third kappa shape index (κ3) is 5.65. The monoisotopic (exact) mass is 409 g/mol. The van der Waals surface area contributed by atoms with E-state index in [1.54, 1.807) is 19.9 Å². The van der Waals surface area contributed by atoms with Crippen molar-refractivity contribution < 1.29 is 24.0 Å². The van der Waals surface area contributed by atoms with Gasteiger partial charge in [0.25, 0.3) is 11.6 Å². The van der Waals surface area contributed by atoms with E-state index >= 15 is 0 Å². The fourth-order valence-corrected chi connectivity index (χ4v) is 2.39. The SMILES string of the molecule is COc1cc(/C=C(\C#N)C(=O)NC(C)C)ccc1OC(=O)c1ccc([N+](=O)[O-])cc1. The predicted molar refractivity (Wildman–Crippen MR) is 108 cm³/mol. The Balaban J connectivity index is 2.24. The van der Waals surface area contributed by atoms with Crippen molar-refractivity contribution in [1.82, 2.24) is 5.32 Å². The zero-order valence-corrected chi connectivity index (χ0v) is 16.5. The minimum atomic E-state index is -0.722. The number of carbonyl (C=O) groups is 2. The van der Waals surface area contributed by atoms with Crippen LogP contribution in [0.3, 0.4) is 0 Å². The number of amides is 1. The van der Waals surface area contributed by atoms with Gasteiger partial charge in [-0.25, -0.2) is 4.79 Å². The number of rotatable bonds is 7. The van der Waals surface area contributed by atoms with Crippen molar-refractivity contribution >= 4 is 23.6 Å². The number of carbonyl (C=O) groups excluding carboxylic acids is 2. The first-order valence-electron chi connectivity index (χ1n) is 8.82. The normalized spacial score (nSPS) is 10.8. The van der Waals surface area contributed by atoms with E-state index in [1.807, 2.05) is 6.07 Å². The Kier molecular flexibility index (Phi) is 7.25. The molecule has 0 bridgehead atoms. The molecule has 2 aromatic carbocycles. The van der Waals surface area contributed by atoms with E-state index in [1.165, 1.54) is 49.6 Å². The van der Waals surface area contributed by atoms with Crippen LogP contribution in [0.25, 0.3) is 6.08 Å². The average Bonchev–Trinajstić information content (AvgIpc) is 2.72. The first kappa shape index (κ1) is 22.1. The molecule has 0 aliphatic heterocycles. The van der Waals surface area contributed by atoms with Gasteiger partial charge in [-0.05, 0) is 49.8 Å². The second-order valence-electron chi connectivity index (χ2n) is 6.40. The van der Waals surface area contributed by atoms with Crippen molar-refractivity contribution in [2.45, 2.75) is 19.9 Å². The fraction of sp³-hybridized carbons (Fsp3) is 0.190. The first-order valence-corrected chi connectivity index (χ1v) is 8.82. The summed E-state index contributed by atoms with van der Waals surface area (Å²) in [5.41, 5.74) is 0.401. The highest BCUT2D eigenvalue weighted by Crippen LogP contribution is 2.30. The molecule has 9 heteroatoms. The number of non-ortho nitro benzene ring substituents is 1. The summed E-state index contributed by atoms with van der Waals surface area (Å²) in [6.07, 6.45) is 1.39. The molecule has 30 heavy (non-hydrogen) atoms. The Hall–Kier alpha value is -4.19. The summed E-state index contributed by atoms with van der Waals surface area (Å²) in [6.45, 7) is 3.56. The second-order valence-corrected chi connectivity index (χ2v) is 6.40. The number of esters is 1. The van der Waals surface area contributed by atoms with Gasteiger partial charge in [0.15, 0.2) is 11.5 Å². The lowest BCUT2D eigenvalue weighted by Gasteiger charge is -2.11. The molecule has 0 saturated carbocycles. The van der Waals surface area contributed by atoms with Crippen LogP contribution in [-0.2, 0) is 4.79 Å². The molecule has 2 rings (SSSR count). The van der Waals surface area contributed by atoms with Crippen LogP contribution >= 0.6 is 0 Å². The van der Waals surface area contributed by atoms with Crippen LogP contribution < -0.4 is 14.8 Å². The molecule has 0 radical (unpaired) electrons. The molecule has 154 valence electrons. The van der Waals surface area contributed by atoms with Gasteiger partial charge in [0, 0.05) is 18.2 Å². The number of nitriles is 1. The van der Waals surface area contributed by atoms with Gasteiger partial charge < -0.3 is 14.8 Å². The molecule has 0 spiro atoms. The molecular formula is C21H19N3O6. The maximum absolute atomic E-state index is 12.3. The lowest BCUT2D eigenvalue weighted by atomic mass is 10.1. The zero-order chi connectivity index (χ0) is 22.3. The number of nitro benzene ring substituents is 1. The largest absolute Gasteiger partial charge is 0.493 e. The van der Waals surface area contributed by atoms with E-state index in [4.69, 9.17) is 9.47 Å². The van der Waals surface area contributed by atoms with Crippen molar-refractivity contribution in [2.75, 3.05) is 7.11 Å². The van der Waals surface area contributed by atoms with Gasteiger partial charge in [0.2, 0.25) is 0 Å². The lowest BCUT2D eigenvalue weighted by molar-refractivity contribution is -0.384. The highest BCUT2D eigenvalue weighted by atomic mass is 16.6. The zero-order valence-electron chi connectivity index (χ0n) is 16.5. The molecular weight excluding hydrogens is 390 g/mol. The summed E-state index contributed by atoms with van der Waals surface area (Å²) in [7, 11) is 1.38. The third-order valence-electron chi connectivity index (χ3n) is 3.80. The Labute approximate surface area is 172 Å². The first-order chi connectivity index (χ1) is 14.2. The molecule has 0 aliphatic carbocycles. The molecule has 0 fully saturated rings. The molecule has 9 nitrogen and oxygen atoms in total. The van der Waals surface area contributed by atoms with E-state index in [2.05, 4.69) is 5.32 Å². The maximum Gasteiger partial charge on any atom is 0.343 e. The van der Waals surface area contributed by atoms with Crippen LogP contribution in [0.1, 0.15) is 29.8 Å². The molecule has 0 unspecified atom stereocenters. The molecule has 0 aromatic heterocycles. The Morgan fingerprint density at radius 3 is 2.37 bits per heavy atom. The van der Waals surface area contributed by atoms with Crippen molar-refractivity contribution in [3.05, 3.63) is 69.3 Å². The maximum atomic E-state index is 12.3. The van der Waals surface area contributed by atoms with Gasteiger partial charge in [-0.2, -0.15) is 5.26 Å². The summed E-state index contributed by atoms with van der Waals surface area (Å²) >= 11 is 0. The van der Waals surface area contributed by atoms with Crippen LogP contribution in [0.4, 0.5) is 5.69 Å². The van der Waals surface area contributed by atoms with Crippen molar-refractivity contribution in [2.24, 2.45) is 0 Å². The van der Waals surface area contributed by atoms with Gasteiger partial charge in [-0.1, -0.05) is 6.07 Å². The number of nitrogens with zero attached hydrogens (tertiary/aromatic N) is 2. The van der Waals surface area contributed by atoms with E-state index in [-0.39, 0.29) is 34.4 Å². The minimum Gasteiger partial charge on any atom is -0.493 e. The molecule has 1 amide bonds. The van der Waals surface area contributed by atoms with Gasteiger partial charge in [0.1, 0.15) is 11.6 Å². The Bertz CT molecular complexity index is 1040. The van der Waals surface area contributed by atoms with Crippen LogP contribution in [0.15, 0.2) is 48.0 Å². The number of hydrogen-bond acceptors (Lipinski definition) is 7. The van der Waals surface area contributed by atoms with E-state index < -0.39 is 16.8 Å².